The number of carbonyl (C=O) groups is 1. The Morgan fingerprint density at radius 2 is 2.05 bits per heavy atom. The fourth-order valence-electron chi connectivity index (χ4n) is 2.19. The molecule has 19 heavy (non-hydrogen) atoms. The topological polar surface area (TPSA) is 44.9 Å². The van der Waals surface area contributed by atoms with Crippen molar-refractivity contribution in [1.82, 2.24) is 10.3 Å². The highest BCUT2D eigenvalue weighted by molar-refractivity contribution is 8.32. The maximum absolute atomic E-state index is 10.8. The number of aromatic amines is 1. The fourth-order valence-corrected chi connectivity index (χ4v) is 3.44. The van der Waals surface area contributed by atoms with E-state index in [4.69, 9.17) is 0 Å². The van der Waals surface area contributed by atoms with Gasteiger partial charge in [0.15, 0.2) is 0 Å². The van der Waals surface area contributed by atoms with Crippen molar-refractivity contribution in [2.24, 2.45) is 0 Å². The van der Waals surface area contributed by atoms with Gasteiger partial charge in [-0.3, -0.25) is 4.79 Å². The Balaban J connectivity index is 2.21. The normalized spacial score (nSPS) is 12.6. The molecule has 1 aromatic carbocycles. The van der Waals surface area contributed by atoms with Crippen molar-refractivity contribution in [2.75, 3.05) is 25.3 Å². The van der Waals surface area contributed by atoms with Gasteiger partial charge in [-0.2, -0.15) is 0 Å². The van der Waals surface area contributed by atoms with Crippen LogP contribution in [0.25, 0.3) is 10.9 Å². The summed E-state index contributed by atoms with van der Waals surface area (Å²) < 4.78 is 0. The molecule has 0 bridgehead atoms. The number of aromatic nitrogens is 1. The molecule has 0 unspecified atom stereocenters. The zero-order valence-electron chi connectivity index (χ0n) is 12.0. The summed E-state index contributed by atoms with van der Waals surface area (Å²) in [5.74, 6) is 0.0274. The van der Waals surface area contributed by atoms with Crippen molar-refractivity contribution in [2.45, 2.75) is 18.2 Å². The van der Waals surface area contributed by atoms with E-state index in [-0.39, 0.29) is 5.91 Å². The molecule has 0 aliphatic rings. The molecular weight excluding hydrogens is 256 g/mol. The average Bonchev–Trinajstić information content (AvgIpc) is 2.71. The smallest absolute Gasteiger partial charge is 0.216 e. The van der Waals surface area contributed by atoms with Crippen LogP contribution in [0.1, 0.15) is 12.5 Å². The van der Waals surface area contributed by atoms with E-state index in [2.05, 4.69) is 53.5 Å². The van der Waals surface area contributed by atoms with Gasteiger partial charge >= 0.3 is 0 Å². The van der Waals surface area contributed by atoms with Gasteiger partial charge in [0.2, 0.25) is 5.91 Å². The zero-order valence-corrected chi connectivity index (χ0v) is 12.9. The lowest BCUT2D eigenvalue weighted by Crippen LogP contribution is -2.22. The SMILES string of the molecule is CC(=O)NCCc1ccc2c(S(C)(C)C)c[nH]c2c1. The highest BCUT2D eigenvalue weighted by Crippen LogP contribution is 2.48. The first-order chi connectivity index (χ1) is 8.88. The van der Waals surface area contributed by atoms with E-state index in [1.54, 1.807) is 6.92 Å². The van der Waals surface area contributed by atoms with E-state index in [1.807, 2.05) is 0 Å². The molecule has 0 saturated carbocycles. The number of carbonyl (C=O) groups excluding carboxylic acids is 1. The third-order valence-electron chi connectivity index (χ3n) is 3.16. The second-order valence-corrected chi connectivity index (χ2v) is 9.72. The van der Waals surface area contributed by atoms with E-state index in [0.29, 0.717) is 6.54 Å². The molecule has 1 amide bonds. The lowest BCUT2D eigenvalue weighted by Gasteiger charge is -2.24. The van der Waals surface area contributed by atoms with Crippen LogP contribution in [0.4, 0.5) is 0 Å². The summed E-state index contributed by atoms with van der Waals surface area (Å²) in [5, 5.41) is 4.15. The second-order valence-electron chi connectivity index (χ2n) is 5.60. The maximum atomic E-state index is 10.8. The minimum Gasteiger partial charge on any atom is -0.360 e. The molecule has 104 valence electrons. The van der Waals surface area contributed by atoms with Crippen molar-refractivity contribution in [3.63, 3.8) is 0 Å². The van der Waals surface area contributed by atoms with Crippen LogP contribution in [0.5, 0.6) is 0 Å². The van der Waals surface area contributed by atoms with Crippen molar-refractivity contribution >= 4 is 26.8 Å². The molecule has 0 aliphatic carbocycles. The lowest BCUT2D eigenvalue weighted by molar-refractivity contribution is -0.118. The van der Waals surface area contributed by atoms with Crippen LogP contribution >= 0.6 is 10.0 Å². The number of nitrogens with one attached hydrogen (secondary N) is 2. The summed E-state index contributed by atoms with van der Waals surface area (Å²) in [6, 6.07) is 6.54. The molecule has 2 rings (SSSR count). The third-order valence-corrected chi connectivity index (χ3v) is 4.81. The summed E-state index contributed by atoms with van der Waals surface area (Å²) in [6.07, 6.45) is 9.92. The van der Waals surface area contributed by atoms with Crippen molar-refractivity contribution in [1.29, 1.82) is 0 Å². The van der Waals surface area contributed by atoms with Crippen LogP contribution in [-0.2, 0) is 11.2 Å². The number of hydrogen-bond donors (Lipinski definition) is 2. The zero-order chi connectivity index (χ0) is 14.0. The first-order valence-corrected chi connectivity index (χ1v) is 9.26. The Morgan fingerprint density at radius 3 is 2.68 bits per heavy atom. The van der Waals surface area contributed by atoms with Crippen LogP contribution in [0.15, 0.2) is 29.3 Å². The lowest BCUT2D eigenvalue weighted by atomic mass is 10.1. The Hall–Kier alpha value is -1.42. The first-order valence-electron chi connectivity index (χ1n) is 6.41. The largest absolute Gasteiger partial charge is 0.360 e. The summed E-state index contributed by atoms with van der Waals surface area (Å²) in [7, 11) is -0.715. The molecular formula is C15H22N2OS. The third kappa shape index (κ3) is 3.32. The van der Waals surface area contributed by atoms with Crippen LogP contribution in [0.3, 0.4) is 0 Å². The van der Waals surface area contributed by atoms with E-state index < -0.39 is 10.0 Å². The predicted molar refractivity (Wildman–Crippen MR) is 84.3 cm³/mol. The van der Waals surface area contributed by atoms with Gasteiger partial charge in [-0.15, -0.1) is 0 Å². The molecule has 0 fully saturated rings. The van der Waals surface area contributed by atoms with Gasteiger partial charge < -0.3 is 10.3 Å². The molecule has 0 spiro atoms. The van der Waals surface area contributed by atoms with E-state index in [9.17, 15) is 4.79 Å². The Kier molecular flexibility index (Phi) is 3.90. The fraction of sp³-hybridized carbons (Fsp3) is 0.400. The number of hydrogen-bond acceptors (Lipinski definition) is 1. The molecule has 0 radical (unpaired) electrons. The maximum Gasteiger partial charge on any atom is 0.216 e. The van der Waals surface area contributed by atoms with Crippen LogP contribution in [-0.4, -0.2) is 36.2 Å². The minimum absolute atomic E-state index is 0.0274. The van der Waals surface area contributed by atoms with Crippen LogP contribution in [0.2, 0.25) is 0 Å². The van der Waals surface area contributed by atoms with Crippen molar-refractivity contribution < 1.29 is 4.79 Å². The molecule has 2 N–H and O–H groups in total. The number of H-pyrrole nitrogens is 1. The second kappa shape index (κ2) is 5.29. The summed E-state index contributed by atoms with van der Waals surface area (Å²) >= 11 is 0. The molecule has 1 aromatic heterocycles. The van der Waals surface area contributed by atoms with Gasteiger partial charge in [-0.05, 0) is 36.8 Å². The number of fused-ring (bicyclic) bond motifs is 1. The van der Waals surface area contributed by atoms with E-state index in [1.165, 1.54) is 21.4 Å². The molecule has 3 nitrogen and oxygen atoms in total. The quantitative estimate of drug-likeness (QED) is 0.887. The van der Waals surface area contributed by atoms with Crippen LogP contribution < -0.4 is 5.32 Å². The van der Waals surface area contributed by atoms with Crippen molar-refractivity contribution in [3.05, 3.63) is 30.0 Å². The monoisotopic (exact) mass is 278 g/mol. The summed E-state index contributed by atoms with van der Waals surface area (Å²) in [5.41, 5.74) is 2.44. The summed E-state index contributed by atoms with van der Waals surface area (Å²) in [4.78, 5) is 15.6. The highest BCUT2D eigenvalue weighted by Gasteiger charge is 2.13. The van der Waals surface area contributed by atoms with Crippen LogP contribution in [0, 0.1) is 0 Å². The standard InChI is InChI=1S/C15H22N2OS/c1-11(18)16-8-7-12-5-6-13-14(9-12)17-10-15(13)19(2,3)4/h5-6,9-10,17H,7-8H2,1-4H3,(H,16,18). The van der Waals surface area contributed by atoms with Gasteiger partial charge in [0.25, 0.3) is 0 Å². The molecule has 0 atom stereocenters. The highest BCUT2D eigenvalue weighted by atomic mass is 32.3. The van der Waals surface area contributed by atoms with Gasteiger partial charge in [-0.1, -0.05) is 12.1 Å². The van der Waals surface area contributed by atoms with E-state index >= 15 is 0 Å². The Labute approximate surface area is 116 Å². The minimum atomic E-state index is -0.715. The molecule has 1 heterocycles. The summed E-state index contributed by atoms with van der Waals surface area (Å²) in [6.45, 7) is 2.24. The van der Waals surface area contributed by atoms with Gasteiger partial charge in [0, 0.05) is 35.5 Å². The molecule has 0 aliphatic heterocycles. The van der Waals surface area contributed by atoms with E-state index in [0.717, 1.165) is 6.42 Å². The first kappa shape index (κ1) is 14.0. The average molecular weight is 278 g/mol. The van der Waals surface area contributed by atoms with Gasteiger partial charge in [-0.25, -0.2) is 10.0 Å². The molecule has 4 heteroatoms. The number of amides is 1. The van der Waals surface area contributed by atoms with Gasteiger partial charge in [0.1, 0.15) is 0 Å². The predicted octanol–water partition coefficient (Wildman–Crippen LogP) is 2.90. The van der Waals surface area contributed by atoms with Gasteiger partial charge in [0.05, 0.1) is 0 Å². The number of rotatable bonds is 4. The Bertz CT molecular complexity index is 596. The molecule has 2 aromatic rings. The molecule has 0 saturated heterocycles. The Morgan fingerprint density at radius 1 is 1.32 bits per heavy atom. The van der Waals surface area contributed by atoms with Crippen molar-refractivity contribution in [3.8, 4) is 0 Å². The number of benzene rings is 1.